The molecule has 4 N–H and O–H groups in total. The van der Waals surface area contributed by atoms with E-state index in [-0.39, 0.29) is 30.3 Å². The summed E-state index contributed by atoms with van der Waals surface area (Å²) in [5, 5.41) is 18.4. The second-order valence-corrected chi connectivity index (χ2v) is 3.56. The number of carbonyl (C=O) groups excluding carboxylic acids is 1. The lowest BCUT2D eigenvalue weighted by Crippen LogP contribution is -2.41. The number of benzene rings is 1. The molecule has 5 nitrogen and oxygen atoms in total. The van der Waals surface area contributed by atoms with Gasteiger partial charge < -0.3 is 20.7 Å². The van der Waals surface area contributed by atoms with Gasteiger partial charge in [0, 0.05) is 11.6 Å². The van der Waals surface area contributed by atoms with Crippen LogP contribution in [0, 0.1) is 0 Å². The predicted octanol–water partition coefficient (Wildman–Crippen LogP) is 1.72. The van der Waals surface area contributed by atoms with Gasteiger partial charge in [0.05, 0.1) is 6.61 Å². The van der Waals surface area contributed by atoms with E-state index < -0.39 is 23.7 Å². The number of phenols is 2. The van der Waals surface area contributed by atoms with Crippen LogP contribution in [0.2, 0.25) is 0 Å². The Morgan fingerprint density at radius 3 is 2.53 bits per heavy atom. The number of ether oxygens (including phenoxy) is 1. The Labute approximate surface area is 114 Å². The van der Waals surface area contributed by atoms with Gasteiger partial charge in [0.15, 0.2) is 0 Å². The third kappa shape index (κ3) is 3.68. The lowest BCUT2D eigenvalue weighted by atomic mass is 10.0. The minimum absolute atomic E-state index is 0. The van der Waals surface area contributed by atoms with Gasteiger partial charge in [-0.3, -0.25) is 0 Å². The lowest BCUT2D eigenvalue weighted by molar-refractivity contribution is -0.174. The highest BCUT2D eigenvalue weighted by Crippen LogP contribution is 2.36. The molecule has 8 heteroatoms. The molecule has 0 saturated heterocycles. The SMILES string of the molecule is CCOC(=O)C(F)(F)[C@@H](N)c1ccc(O)cc1O.Cl. The van der Waals surface area contributed by atoms with Crippen molar-refractivity contribution in [2.24, 2.45) is 5.73 Å². The highest BCUT2D eigenvalue weighted by molar-refractivity contribution is 5.85. The molecule has 1 rings (SSSR count). The number of hydrogen-bond donors (Lipinski definition) is 3. The highest BCUT2D eigenvalue weighted by atomic mass is 35.5. The van der Waals surface area contributed by atoms with E-state index in [1.54, 1.807) is 0 Å². The molecule has 0 aromatic heterocycles. The van der Waals surface area contributed by atoms with Crippen molar-refractivity contribution in [3.63, 3.8) is 0 Å². The van der Waals surface area contributed by atoms with Crippen molar-refractivity contribution in [1.82, 2.24) is 0 Å². The normalized spacial score (nSPS) is 12.4. The average molecular weight is 298 g/mol. The molecule has 0 spiro atoms. The molecule has 1 aromatic rings. The summed E-state index contributed by atoms with van der Waals surface area (Å²) < 4.78 is 31.4. The fraction of sp³-hybridized carbons (Fsp3) is 0.364. The van der Waals surface area contributed by atoms with Crippen LogP contribution in [-0.4, -0.2) is 28.7 Å². The Hall–Kier alpha value is -1.60. The Balaban J connectivity index is 0.00000324. The zero-order valence-corrected chi connectivity index (χ0v) is 10.8. The number of esters is 1. The van der Waals surface area contributed by atoms with Crippen LogP contribution < -0.4 is 5.73 Å². The van der Waals surface area contributed by atoms with E-state index in [1.165, 1.54) is 6.92 Å². The minimum atomic E-state index is -3.97. The molecule has 0 radical (unpaired) electrons. The standard InChI is InChI=1S/C11H13F2NO4.ClH/c1-2-18-10(17)11(12,13)9(14)7-4-3-6(15)5-8(7)16;/h3-5,9,15-16H,2,14H2,1H3;1H/t9-;/m0./s1. The second-order valence-electron chi connectivity index (χ2n) is 3.56. The van der Waals surface area contributed by atoms with E-state index in [2.05, 4.69) is 4.74 Å². The summed E-state index contributed by atoms with van der Waals surface area (Å²) >= 11 is 0. The maximum Gasteiger partial charge on any atom is 0.379 e. The molecular weight excluding hydrogens is 284 g/mol. The van der Waals surface area contributed by atoms with Gasteiger partial charge in [-0.05, 0) is 19.1 Å². The van der Waals surface area contributed by atoms with E-state index in [1.807, 2.05) is 0 Å². The number of rotatable bonds is 4. The Morgan fingerprint density at radius 2 is 2.05 bits per heavy atom. The fourth-order valence-corrected chi connectivity index (χ4v) is 1.34. The van der Waals surface area contributed by atoms with Gasteiger partial charge in [0.1, 0.15) is 17.5 Å². The predicted molar refractivity (Wildman–Crippen MR) is 65.5 cm³/mol. The van der Waals surface area contributed by atoms with Gasteiger partial charge in [-0.1, -0.05) is 0 Å². The first-order valence-corrected chi connectivity index (χ1v) is 5.13. The summed E-state index contributed by atoms with van der Waals surface area (Å²) in [6, 6.07) is 0.895. The van der Waals surface area contributed by atoms with Gasteiger partial charge in [0.25, 0.3) is 0 Å². The largest absolute Gasteiger partial charge is 0.508 e. The number of phenolic OH excluding ortho intramolecular Hbond substituents is 2. The molecule has 0 fully saturated rings. The molecule has 108 valence electrons. The van der Waals surface area contributed by atoms with Crippen LogP contribution in [-0.2, 0) is 9.53 Å². The monoisotopic (exact) mass is 297 g/mol. The molecular formula is C11H14ClF2NO4. The maximum atomic E-state index is 13.6. The van der Waals surface area contributed by atoms with Crippen LogP contribution in [0.3, 0.4) is 0 Å². The van der Waals surface area contributed by atoms with Gasteiger partial charge in [-0.15, -0.1) is 12.4 Å². The topological polar surface area (TPSA) is 92.8 Å². The number of hydrogen-bond acceptors (Lipinski definition) is 5. The third-order valence-electron chi connectivity index (χ3n) is 2.29. The summed E-state index contributed by atoms with van der Waals surface area (Å²) in [6.45, 7) is 1.18. The minimum Gasteiger partial charge on any atom is -0.508 e. The smallest absolute Gasteiger partial charge is 0.379 e. The summed E-state index contributed by atoms with van der Waals surface area (Å²) in [5.74, 6) is -6.65. The van der Waals surface area contributed by atoms with E-state index in [4.69, 9.17) is 10.8 Å². The van der Waals surface area contributed by atoms with E-state index in [9.17, 15) is 18.7 Å². The first kappa shape index (κ1) is 17.4. The number of alkyl halides is 2. The molecule has 19 heavy (non-hydrogen) atoms. The van der Waals surface area contributed by atoms with E-state index in [0.29, 0.717) is 0 Å². The summed E-state index contributed by atoms with van der Waals surface area (Å²) in [5.41, 5.74) is 4.91. The Kier molecular flexibility index (Phi) is 5.98. The zero-order valence-electron chi connectivity index (χ0n) is 9.97. The average Bonchev–Trinajstić information content (AvgIpc) is 2.28. The van der Waals surface area contributed by atoms with Gasteiger partial charge in [-0.25, -0.2) is 4.79 Å². The molecule has 0 saturated carbocycles. The maximum absolute atomic E-state index is 13.6. The Bertz CT molecular complexity index is 456. The zero-order chi connectivity index (χ0) is 13.9. The van der Waals surface area contributed by atoms with E-state index in [0.717, 1.165) is 18.2 Å². The van der Waals surface area contributed by atoms with Crippen LogP contribution in [0.4, 0.5) is 8.78 Å². The molecule has 0 bridgehead atoms. The molecule has 0 aliphatic heterocycles. The molecule has 1 aromatic carbocycles. The molecule has 0 aliphatic carbocycles. The Morgan fingerprint density at radius 1 is 1.47 bits per heavy atom. The van der Waals surface area contributed by atoms with Crippen LogP contribution in [0.1, 0.15) is 18.5 Å². The van der Waals surface area contributed by atoms with Crippen molar-refractivity contribution in [1.29, 1.82) is 0 Å². The molecule has 0 unspecified atom stereocenters. The molecule has 0 amide bonds. The summed E-state index contributed by atoms with van der Waals surface area (Å²) in [6.07, 6.45) is 0. The van der Waals surface area contributed by atoms with Crippen molar-refractivity contribution >= 4 is 18.4 Å². The molecule has 1 atom stereocenters. The summed E-state index contributed by atoms with van der Waals surface area (Å²) in [7, 11) is 0. The van der Waals surface area contributed by atoms with Crippen LogP contribution in [0.5, 0.6) is 11.5 Å². The van der Waals surface area contributed by atoms with Crippen LogP contribution in [0.25, 0.3) is 0 Å². The first-order chi connectivity index (χ1) is 8.30. The van der Waals surface area contributed by atoms with Gasteiger partial charge >= 0.3 is 11.9 Å². The van der Waals surface area contributed by atoms with Gasteiger partial charge in [-0.2, -0.15) is 8.78 Å². The number of carbonyl (C=O) groups is 1. The molecule has 0 aliphatic rings. The second kappa shape index (κ2) is 6.53. The number of aromatic hydroxyl groups is 2. The van der Waals surface area contributed by atoms with Crippen LogP contribution >= 0.6 is 12.4 Å². The number of nitrogens with two attached hydrogens (primary N) is 1. The quantitative estimate of drug-likeness (QED) is 0.736. The number of halogens is 3. The van der Waals surface area contributed by atoms with Crippen LogP contribution in [0.15, 0.2) is 18.2 Å². The molecule has 0 heterocycles. The third-order valence-corrected chi connectivity index (χ3v) is 2.29. The fourth-order valence-electron chi connectivity index (χ4n) is 1.34. The summed E-state index contributed by atoms with van der Waals surface area (Å²) in [4.78, 5) is 11.1. The van der Waals surface area contributed by atoms with Crippen molar-refractivity contribution in [3.8, 4) is 11.5 Å². The highest BCUT2D eigenvalue weighted by Gasteiger charge is 2.48. The van der Waals surface area contributed by atoms with Gasteiger partial charge in [0.2, 0.25) is 0 Å². The van der Waals surface area contributed by atoms with Crippen molar-refractivity contribution in [2.75, 3.05) is 6.61 Å². The lowest BCUT2D eigenvalue weighted by Gasteiger charge is -2.22. The van der Waals surface area contributed by atoms with E-state index >= 15 is 0 Å². The van der Waals surface area contributed by atoms with Crippen molar-refractivity contribution in [3.05, 3.63) is 23.8 Å². The first-order valence-electron chi connectivity index (χ1n) is 5.13. The van der Waals surface area contributed by atoms with Crippen molar-refractivity contribution in [2.45, 2.75) is 18.9 Å². The van der Waals surface area contributed by atoms with Crippen molar-refractivity contribution < 1.29 is 28.5 Å².